The first-order valence-corrected chi connectivity index (χ1v) is 13.5. The van der Waals surface area contributed by atoms with Crippen LogP contribution >= 0.6 is 11.6 Å². The van der Waals surface area contributed by atoms with Gasteiger partial charge in [0.1, 0.15) is 5.75 Å². The number of ether oxygens (including phenoxy) is 1. The van der Waals surface area contributed by atoms with Crippen LogP contribution in [-0.4, -0.2) is 37.7 Å². The van der Waals surface area contributed by atoms with Gasteiger partial charge in [0.2, 0.25) is 0 Å². The summed E-state index contributed by atoms with van der Waals surface area (Å²) in [6.07, 6.45) is 7.12. The van der Waals surface area contributed by atoms with Crippen molar-refractivity contribution in [3.63, 3.8) is 0 Å². The second-order valence-corrected chi connectivity index (χ2v) is 10.4. The molecule has 40 heavy (non-hydrogen) atoms. The fourth-order valence-corrected chi connectivity index (χ4v) is 5.49. The summed E-state index contributed by atoms with van der Waals surface area (Å²) in [5.74, 6) is 1.67. The van der Waals surface area contributed by atoms with Gasteiger partial charge in [-0.1, -0.05) is 23.7 Å². The van der Waals surface area contributed by atoms with E-state index in [1.807, 2.05) is 44.3 Å². The van der Waals surface area contributed by atoms with Crippen molar-refractivity contribution in [3.8, 4) is 17.6 Å². The Morgan fingerprint density at radius 1 is 1.02 bits per heavy atom. The Balaban J connectivity index is 1.54. The minimum atomic E-state index is -1.55. The third kappa shape index (κ3) is 4.43. The van der Waals surface area contributed by atoms with E-state index >= 15 is 0 Å². The van der Waals surface area contributed by atoms with Crippen LogP contribution in [0.1, 0.15) is 40.9 Å². The molecule has 1 unspecified atom stereocenters. The van der Waals surface area contributed by atoms with Gasteiger partial charge in [0.25, 0.3) is 0 Å². The molecular formula is C31H27ClN6O2. The van der Waals surface area contributed by atoms with Crippen molar-refractivity contribution in [1.82, 2.24) is 19.5 Å². The SMILES string of the molecule is Cc1ccc(C(O)(c2ccc3nc(N4CCCC4)c(Oc4ccc(C#N)cc4)c(Cl)c3c2)c2cncn2C)cn1. The number of aromatic nitrogens is 4. The number of fused-ring (bicyclic) bond motifs is 1. The van der Waals surface area contributed by atoms with Gasteiger partial charge in [-0.3, -0.25) is 4.98 Å². The number of rotatable bonds is 6. The lowest BCUT2D eigenvalue weighted by Crippen LogP contribution is -2.31. The van der Waals surface area contributed by atoms with Gasteiger partial charge in [-0.25, -0.2) is 9.97 Å². The standard InChI is InChI=1S/C31H27ClN6O2/c1-20-5-8-23(17-35-20)31(39,27-18-34-19-37(27)2)22-9-12-26-25(15-22)28(32)29(30(36-26)38-13-3-4-14-38)40-24-10-6-21(16-33)7-11-24/h5-12,15,17-19,39H,3-4,13-14H2,1-2H3. The summed E-state index contributed by atoms with van der Waals surface area (Å²) in [5.41, 5.74) is 2.32. The zero-order valence-electron chi connectivity index (χ0n) is 22.2. The molecule has 200 valence electrons. The molecule has 1 aliphatic rings. The highest BCUT2D eigenvalue weighted by Crippen LogP contribution is 2.45. The van der Waals surface area contributed by atoms with Gasteiger partial charge >= 0.3 is 0 Å². The van der Waals surface area contributed by atoms with Crippen molar-refractivity contribution in [2.45, 2.75) is 25.4 Å². The molecule has 1 fully saturated rings. The smallest absolute Gasteiger partial charge is 0.189 e. The van der Waals surface area contributed by atoms with Crippen LogP contribution in [0.4, 0.5) is 5.82 Å². The van der Waals surface area contributed by atoms with Gasteiger partial charge in [0.15, 0.2) is 17.2 Å². The van der Waals surface area contributed by atoms with E-state index in [-0.39, 0.29) is 0 Å². The number of aliphatic hydroxyl groups is 1. The Morgan fingerprint density at radius 3 is 2.42 bits per heavy atom. The average molecular weight is 551 g/mol. The minimum Gasteiger partial charge on any atom is -0.452 e. The predicted molar refractivity (Wildman–Crippen MR) is 154 cm³/mol. The molecule has 0 spiro atoms. The molecule has 0 saturated carbocycles. The average Bonchev–Trinajstić information content (AvgIpc) is 3.67. The number of hydrogen-bond donors (Lipinski definition) is 1. The van der Waals surface area contributed by atoms with Crippen molar-refractivity contribution in [1.29, 1.82) is 5.26 Å². The molecule has 0 aliphatic carbocycles. The number of nitriles is 1. The number of hydrogen-bond acceptors (Lipinski definition) is 7. The van der Waals surface area contributed by atoms with Gasteiger partial charge < -0.3 is 19.3 Å². The van der Waals surface area contributed by atoms with E-state index in [9.17, 15) is 10.4 Å². The van der Waals surface area contributed by atoms with Crippen LogP contribution in [0.5, 0.6) is 11.5 Å². The molecule has 0 bridgehead atoms. The second kappa shape index (κ2) is 10.3. The lowest BCUT2D eigenvalue weighted by atomic mass is 9.83. The van der Waals surface area contributed by atoms with Crippen molar-refractivity contribution in [3.05, 3.63) is 106 Å². The van der Waals surface area contributed by atoms with Crippen molar-refractivity contribution >= 4 is 28.3 Å². The quantitative estimate of drug-likeness (QED) is 0.282. The van der Waals surface area contributed by atoms with Crippen LogP contribution in [0.25, 0.3) is 10.9 Å². The van der Waals surface area contributed by atoms with E-state index in [2.05, 4.69) is 20.9 Å². The molecule has 1 saturated heterocycles. The molecule has 1 aliphatic heterocycles. The Hall–Kier alpha value is -4.45. The first kappa shape index (κ1) is 25.8. The zero-order valence-corrected chi connectivity index (χ0v) is 22.9. The maximum absolute atomic E-state index is 12.4. The molecule has 1 atom stereocenters. The maximum Gasteiger partial charge on any atom is 0.189 e. The molecule has 0 radical (unpaired) electrons. The highest BCUT2D eigenvalue weighted by Gasteiger charge is 2.37. The fraction of sp³-hybridized carbons (Fsp3) is 0.226. The summed E-state index contributed by atoms with van der Waals surface area (Å²) in [4.78, 5) is 15.9. The van der Waals surface area contributed by atoms with Crippen LogP contribution in [-0.2, 0) is 12.6 Å². The molecule has 3 aromatic heterocycles. The molecule has 0 amide bonds. The normalized spacial score (nSPS) is 14.7. The number of pyridine rings is 2. The van der Waals surface area contributed by atoms with E-state index < -0.39 is 5.60 Å². The molecule has 4 heterocycles. The maximum atomic E-state index is 12.4. The molecular weight excluding hydrogens is 524 g/mol. The zero-order chi connectivity index (χ0) is 27.9. The number of benzene rings is 2. The summed E-state index contributed by atoms with van der Waals surface area (Å²) in [6.45, 7) is 3.62. The Kier molecular flexibility index (Phi) is 6.62. The van der Waals surface area contributed by atoms with E-state index in [1.54, 1.807) is 47.6 Å². The Bertz CT molecular complexity index is 1740. The van der Waals surface area contributed by atoms with E-state index in [4.69, 9.17) is 21.3 Å². The fourth-order valence-electron chi connectivity index (χ4n) is 5.22. The minimum absolute atomic E-state index is 0.396. The monoisotopic (exact) mass is 550 g/mol. The summed E-state index contributed by atoms with van der Waals surface area (Å²) in [6, 6.07) is 18.4. The lowest BCUT2D eigenvalue weighted by molar-refractivity contribution is 0.117. The topological polar surface area (TPSA) is 100 Å². The van der Waals surface area contributed by atoms with Gasteiger partial charge in [0.05, 0.1) is 40.4 Å². The summed E-state index contributed by atoms with van der Waals surface area (Å²) in [7, 11) is 1.84. The first-order chi connectivity index (χ1) is 19.4. The predicted octanol–water partition coefficient (Wildman–Crippen LogP) is 5.87. The molecule has 6 rings (SSSR count). The van der Waals surface area contributed by atoms with Crippen molar-refractivity contribution in [2.75, 3.05) is 18.0 Å². The third-order valence-corrected chi connectivity index (χ3v) is 7.78. The molecule has 2 aromatic carbocycles. The van der Waals surface area contributed by atoms with Crippen LogP contribution < -0.4 is 9.64 Å². The largest absolute Gasteiger partial charge is 0.452 e. The first-order valence-electron chi connectivity index (χ1n) is 13.1. The summed E-state index contributed by atoms with van der Waals surface area (Å²) in [5, 5.41) is 22.6. The molecule has 8 nitrogen and oxygen atoms in total. The van der Waals surface area contributed by atoms with E-state index in [0.717, 1.165) is 31.6 Å². The van der Waals surface area contributed by atoms with Gasteiger partial charge in [0, 0.05) is 43.0 Å². The number of halogens is 1. The van der Waals surface area contributed by atoms with Crippen molar-refractivity contribution < 1.29 is 9.84 Å². The van der Waals surface area contributed by atoms with Crippen LogP contribution in [0.2, 0.25) is 5.02 Å². The molecule has 1 N–H and O–H groups in total. The van der Waals surface area contributed by atoms with Gasteiger partial charge in [-0.15, -0.1) is 0 Å². The summed E-state index contributed by atoms with van der Waals surface area (Å²) < 4.78 is 8.13. The van der Waals surface area contributed by atoms with Gasteiger partial charge in [-0.2, -0.15) is 5.26 Å². The molecule has 9 heteroatoms. The number of imidazole rings is 1. The van der Waals surface area contributed by atoms with E-state index in [0.29, 0.717) is 55.6 Å². The Labute approximate surface area is 237 Å². The summed E-state index contributed by atoms with van der Waals surface area (Å²) >= 11 is 7.12. The van der Waals surface area contributed by atoms with Crippen LogP contribution in [0.3, 0.4) is 0 Å². The highest BCUT2D eigenvalue weighted by atomic mass is 35.5. The molecule has 5 aromatic rings. The number of aryl methyl sites for hydroxylation is 2. The third-order valence-electron chi connectivity index (χ3n) is 7.41. The highest BCUT2D eigenvalue weighted by molar-refractivity contribution is 6.37. The van der Waals surface area contributed by atoms with Crippen LogP contribution in [0.15, 0.2) is 73.3 Å². The van der Waals surface area contributed by atoms with E-state index in [1.165, 1.54) is 0 Å². The lowest BCUT2D eigenvalue weighted by Gasteiger charge is -2.30. The number of anilines is 1. The second-order valence-electron chi connectivity index (χ2n) is 10.0. The van der Waals surface area contributed by atoms with Crippen molar-refractivity contribution in [2.24, 2.45) is 7.05 Å². The van der Waals surface area contributed by atoms with Crippen LogP contribution in [0, 0.1) is 18.3 Å². The van der Waals surface area contributed by atoms with Gasteiger partial charge in [-0.05, 0) is 67.8 Å². The number of nitrogens with zero attached hydrogens (tertiary/aromatic N) is 6. The Morgan fingerprint density at radius 2 is 1.77 bits per heavy atom.